The second-order valence-corrected chi connectivity index (χ2v) is 7.26. The first kappa shape index (κ1) is 19.2. The first-order valence-corrected chi connectivity index (χ1v) is 9.23. The highest BCUT2D eigenvalue weighted by Gasteiger charge is 2.22. The molecule has 0 bridgehead atoms. The normalized spacial score (nSPS) is 13.3. The molecule has 1 aliphatic rings. The fourth-order valence-corrected chi connectivity index (χ4v) is 3.64. The Hall–Kier alpha value is -1.53. The molecule has 0 radical (unpaired) electrons. The lowest BCUT2D eigenvalue weighted by Crippen LogP contribution is -2.33. The van der Waals surface area contributed by atoms with Gasteiger partial charge in [-0.25, -0.2) is 4.98 Å². The number of amides is 2. The minimum Gasteiger partial charge on any atom is -0.321 e. The first-order chi connectivity index (χ1) is 12.3. The van der Waals surface area contributed by atoms with Crippen molar-refractivity contribution in [1.82, 2.24) is 4.98 Å². The van der Waals surface area contributed by atoms with Crippen molar-refractivity contribution in [3.05, 3.63) is 49.7 Å². The van der Waals surface area contributed by atoms with Crippen molar-refractivity contribution >= 4 is 69.6 Å². The largest absolute Gasteiger partial charge is 0.321 e. The molecule has 0 spiro atoms. The fraction of sp³-hybridized carbons (Fsp3) is 0.235. The van der Waals surface area contributed by atoms with Crippen LogP contribution in [0.3, 0.4) is 0 Å². The van der Waals surface area contributed by atoms with Crippen molar-refractivity contribution in [2.75, 3.05) is 16.8 Å². The van der Waals surface area contributed by atoms with Gasteiger partial charge in [-0.1, -0.05) is 46.4 Å². The minimum absolute atomic E-state index is 0.00649. The lowest BCUT2D eigenvalue weighted by Gasteiger charge is -2.29. The van der Waals surface area contributed by atoms with E-state index in [9.17, 15) is 9.59 Å². The smallest absolute Gasteiger partial charge is 0.275 e. The molecule has 1 aromatic carbocycles. The third-order valence-corrected chi connectivity index (χ3v) is 5.71. The minimum atomic E-state index is -0.561. The van der Waals surface area contributed by atoms with Gasteiger partial charge >= 0.3 is 0 Å². The predicted octanol–water partition coefficient (Wildman–Crippen LogP) is 5.25. The van der Waals surface area contributed by atoms with Crippen molar-refractivity contribution in [2.45, 2.75) is 19.8 Å². The molecule has 2 aromatic rings. The molecule has 0 saturated heterocycles. The van der Waals surface area contributed by atoms with Gasteiger partial charge in [-0.15, -0.1) is 0 Å². The summed E-state index contributed by atoms with van der Waals surface area (Å²) < 4.78 is 0. The molecule has 9 heteroatoms. The van der Waals surface area contributed by atoms with Crippen LogP contribution in [0.15, 0.2) is 18.2 Å². The molecule has 0 aliphatic carbocycles. The summed E-state index contributed by atoms with van der Waals surface area (Å²) >= 11 is 23.8. The van der Waals surface area contributed by atoms with Gasteiger partial charge in [0.15, 0.2) is 0 Å². The van der Waals surface area contributed by atoms with E-state index in [0.717, 1.165) is 24.1 Å². The molecule has 0 fully saturated rings. The summed E-state index contributed by atoms with van der Waals surface area (Å²) in [4.78, 5) is 29.9. The lowest BCUT2D eigenvalue weighted by molar-refractivity contribution is -0.116. The first-order valence-electron chi connectivity index (χ1n) is 7.72. The van der Waals surface area contributed by atoms with E-state index in [-0.39, 0.29) is 31.8 Å². The van der Waals surface area contributed by atoms with Gasteiger partial charge in [-0.05, 0) is 36.6 Å². The molecule has 2 heterocycles. The Morgan fingerprint density at radius 2 is 1.85 bits per heavy atom. The zero-order chi connectivity index (χ0) is 19.0. The Morgan fingerprint density at radius 3 is 2.54 bits per heavy atom. The summed E-state index contributed by atoms with van der Waals surface area (Å²) in [5.41, 5.74) is 2.28. The molecule has 0 unspecified atom stereocenters. The van der Waals surface area contributed by atoms with Gasteiger partial charge in [0, 0.05) is 24.8 Å². The molecular formula is C17H13Cl4N3O2. The van der Waals surface area contributed by atoms with Gasteiger partial charge < -0.3 is 10.2 Å². The van der Waals surface area contributed by atoms with Gasteiger partial charge in [0.1, 0.15) is 10.8 Å². The molecule has 26 heavy (non-hydrogen) atoms. The molecule has 0 atom stereocenters. The van der Waals surface area contributed by atoms with Crippen LogP contribution in [0.25, 0.3) is 0 Å². The lowest BCUT2D eigenvalue weighted by atomic mass is 10.0. The maximum Gasteiger partial charge on any atom is 0.275 e. The highest BCUT2D eigenvalue weighted by atomic mass is 35.5. The second kappa shape index (κ2) is 7.61. The topological polar surface area (TPSA) is 62.3 Å². The van der Waals surface area contributed by atoms with Crippen LogP contribution >= 0.6 is 46.4 Å². The van der Waals surface area contributed by atoms with Gasteiger partial charge in [0.05, 0.1) is 15.1 Å². The van der Waals surface area contributed by atoms with Gasteiger partial charge in [-0.2, -0.15) is 0 Å². The number of rotatable bonds is 2. The van der Waals surface area contributed by atoms with E-state index in [4.69, 9.17) is 46.4 Å². The number of pyridine rings is 1. The van der Waals surface area contributed by atoms with Crippen LogP contribution < -0.4 is 10.2 Å². The Kier molecular flexibility index (Phi) is 5.63. The van der Waals surface area contributed by atoms with Crippen molar-refractivity contribution in [1.29, 1.82) is 0 Å². The number of aryl methyl sites for hydroxylation is 1. The molecule has 1 aliphatic heterocycles. The van der Waals surface area contributed by atoms with E-state index in [2.05, 4.69) is 10.3 Å². The number of benzene rings is 1. The third-order valence-electron chi connectivity index (χ3n) is 4.04. The molecule has 136 valence electrons. The summed E-state index contributed by atoms with van der Waals surface area (Å²) in [6, 6.07) is 5.35. The Bertz CT molecular complexity index is 917. The van der Waals surface area contributed by atoms with E-state index in [1.54, 1.807) is 11.0 Å². The summed E-state index contributed by atoms with van der Waals surface area (Å²) in [6.45, 7) is 2.22. The number of fused-ring (bicyclic) bond motifs is 1. The monoisotopic (exact) mass is 431 g/mol. The van der Waals surface area contributed by atoms with E-state index >= 15 is 0 Å². The number of halogens is 4. The van der Waals surface area contributed by atoms with Crippen molar-refractivity contribution < 1.29 is 9.59 Å². The second-order valence-electron chi connectivity index (χ2n) is 5.76. The molecular weight excluding hydrogens is 420 g/mol. The van der Waals surface area contributed by atoms with Gasteiger partial charge in [-0.3, -0.25) is 9.59 Å². The molecule has 2 amide bonds. The predicted molar refractivity (Wildman–Crippen MR) is 105 cm³/mol. The highest BCUT2D eigenvalue weighted by molar-refractivity contribution is 6.52. The average molecular weight is 433 g/mol. The molecule has 1 aromatic heterocycles. The van der Waals surface area contributed by atoms with Crippen LogP contribution in [0.4, 0.5) is 11.4 Å². The van der Waals surface area contributed by atoms with Crippen LogP contribution in [0, 0.1) is 0 Å². The van der Waals surface area contributed by atoms with Crippen LogP contribution in [-0.4, -0.2) is 23.3 Å². The zero-order valence-corrected chi connectivity index (χ0v) is 16.6. The Morgan fingerprint density at radius 1 is 1.12 bits per heavy atom. The quantitative estimate of drug-likeness (QED) is 0.659. The number of hydrogen-bond donors (Lipinski definition) is 1. The summed E-state index contributed by atoms with van der Waals surface area (Å²) in [5, 5.41) is 2.51. The number of anilines is 2. The van der Waals surface area contributed by atoms with Crippen LogP contribution in [0.2, 0.25) is 20.2 Å². The Labute approximate surface area is 170 Å². The van der Waals surface area contributed by atoms with Crippen molar-refractivity contribution in [3.8, 4) is 0 Å². The standard InChI is InChI=1S/C17H13Cl4N3O2/c1-8(25)24-6-2-3-9-7-10(4-5-11(9)24)22-17(26)15-13(19)12(18)14(20)16(21)23-15/h4-5,7H,2-3,6H2,1H3,(H,22,26). The third kappa shape index (κ3) is 3.62. The van der Waals surface area contributed by atoms with Crippen molar-refractivity contribution in [2.24, 2.45) is 0 Å². The van der Waals surface area contributed by atoms with E-state index in [1.807, 2.05) is 12.1 Å². The maximum atomic E-state index is 12.5. The zero-order valence-electron chi connectivity index (χ0n) is 13.6. The summed E-state index contributed by atoms with van der Waals surface area (Å²) in [7, 11) is 0. The van der Waals surface area contributed by atoms with Crippen LogP contribution in [0.5, 0.6) is 0 Å². The van der Waals surface area contributed by atoms with Crippen molar-refractivity contribution in [3.63, 3.8) is 0 Å². The van der Waals surface area contributed by atoms with E-state index in [1.165, 1.54) is 6.92 Å². The summed E-state index contributed by atoms with van der Waals surface area (Å²) in [6.07, 6.45) is 1.68. The number of aromatic nitrogens is 1. The highest BCUT2D eigenvalue weighted by Crippen LogP contribution is 2.36. The molecule has 3 rings (SSSR count). The van der Waals surface area contributed by atoms with Crippen LogP contribution in [0.1, 0.15) is 29.4 Å². The molecule has 0 saturated carbocycles. The molecule has 5 nitrogen and oxygen atoms in total. The Balaban J connectivity index is 1.89. The van der Waals surface area contributed by atoms with E-state index < -0.39 is 5.91 Å². The number of carbonyl (C=O) groups is 2. The van der Waals surface area contributed by atoms with E-state index in [0.29, 0.717) is 12.2 Å². The number of carbonyl (C=O) groups excluding carboxylic acids is 2. The number of nitrogens with zero attached hydrogens (tertiary/aromatic N) is 2. The SMILES string of the molecule is CC(=O)N1CCCc2cc(NC(=O)c3nc(Cl)c(Cl)c(Cl)c3Cl)ccc21. The summed E-state index contributed by atoms with van der Waals surface area (Å²) in [5.74, 6) is -0.571. The average Bonchev–Trinajstić information content (AvgIpc) is 2.62. The maximum absolute atomic E-state index is 12.5. The number of nitrogens with one attached hydrogen (secondary N) is 1. The van der Waals surface area contributed by atoms with Crippen LogP contribution in [-0.2, 0) is 11.2 Å². The number of hydrogen-bond acceptors (Lipinski definition) is 3. The fourth-order valence-electron chi connectivity index (χ4n) is 2.83. The van der Waals surface area contributed by atoms with Gasteiger partial charge in [0.2, 0.25) is 5.91 Å². The molecule has 1 N–H and O–H groups in total. The van der Waals surface area contributed by atoms with Gasteiger partial charge in [0.25, 0.3) is 5.91 Å².